The van der Waals surface area contributed by atoms with Crippen molar-refractivity contribution in [3.63, 3.8) is 0 Å². The number of non-ortho nitro benzene ring substituents is 1. The number of fused-ring (bicyclic) bond motifs is 1. The van der Waals surface area contributed by atoms with E-state index in [9.17, 15) is 19.3 Å². The SMILES string of the molecule is O=C(/C=C/c1cccc([N+](=O)[O-])c1)Nc1nc2c(F)cccc2s1. The minimum absolute atomic E-state index is 0.0563. The van der Waals surface area contributed by atoms with Gasteiger partial charge in [-0.05, 0) is 23.8 Å². The van der Waals surface area contributed by atoms with Gasteiger partial charge in [0.2, 0.25) is 5.91 Å². The van der Waals surface area contributed by atoms with E-state index in [2.05, 4.69) is 10.3 Å². The number of thiazole rings is 1. The average Bonchev–Trinajstić information content (AvgIpc) is 2.97. The number of benzene rings is 2. The summed E-state index contributed by atoms with van der Waals surface area (Å²) >= 11 is 1.16. The van der Waals surface area contributed by atoms with E-state index in [0.29, 0.717) is 10.3 Å². The van der Waals surface area contributed by atoms with E-state index in [0.717, 1.165) is 11.3 Å². The molecule has 0 saturated heterocycles. The summed E-state index contributed by atoms with van der Waals surface area (Å²) in [6.45, 7) is 0. The first-order valence-electron chi connectivity index (χ1n) is 6.81. The van der Waals surface area contributed by atoms with E-state index in [1.807, 2.05) is 0 Å². The number of carbonyl (C=O) groups excluding carboxylic acids is 1. The average molecular weight is 343 g/mol. The van der Waals surface area contributed by atoms with Crippen LogP contribution in [0.15, 0.2) is 48.5 Å². The van der Waals surface area contributed by atoms with Crippen LogP contribution in [0.4, 0.5) is 15.2 Å². The zero-order chi connectivity index (χ0) is 17.1. The number of nitro benzene ring substituents is 1. The van der Waals surface area contributed by atoms with E-state index in [1.54, 1.807) is 18.2 Å². The van der Waals surface area contributed by atoms with Crippen molar-refractivity contribution in [1.29, 1.82) is 0 Å². The predicted molar refractivity (Wildman–Crippen MR) is 90.3 cm³/mol. The largest absolute Gasteiger partial charge is 0.298 e. The molecule has 3 rings (SSSR count). The highest BCUT2D eigenvalue weighted by Gasteiger charge is 2.09. The van der Waals surface area contributed by atoms with Gasteiger partial charge in [-0.25, -0.2) is 9.37 Å². The molecule has 0 radical (unpaired) electrons. The van der Waals surface area contributed by atoms with Crippen LogP contribution in [-0.2, 0) is 4.79 Å². The second kappa shape index (κ2) is 6.55. The third-order valence-corrected chi connectivity index (χ3v) is 4.04. The molecule has 0 aliphatic heterocycles. The molecule has 2 aromatic carbocycles. The highest BCUT2D eigenvalue weighted by Crippen LogP contribution is 2.27. The van der Waals surface area contributed by atoms with Crippen molar-refractivity contribution in [1.82, 2.24) is 4.98 Å². The number of para-hydroxylation sites is 1. The Morgan fingerprint density at radius 1 is 1.29 bits per heavy atom. The molecule has 120 valence electrons. The Morgan fingerprint density at radius 2 is 2.08 bits per heavy atom. The van der Waals surface area contributed by atoms with Crippen LogP contribution < -0.4 is 5.32 Å². The van der Waals surface area contributed by atoms with Crippen molar-refractivity contribution in [2.45, 2.75) is 0 Å². The van der Waals surface area contributed by atoms with Gasteiger partial charge in [0, 0.05) is 18.2 Å². The Bertz CT molecular complexity index is 968. The molecule has 3 aromatic rings. The lowest BCUT2D eigenvalue weighted by Crippen LogP contribution is -2.07. The molecular weight excluding hydrogens is 333 g/mol. The van der Waals surface area contributed by atoms with Crippen molar-refractivity contribution >= 4 is 44.4 Å². The molecule has 0 fully saturated rings. The fourth-order valence-electron chi connectivity index (χ4n) is 2.03. The van der Waals surface area contributed by atoms with Crippen LogP contribution in [0.2, 0.25) is 0 Å². The molecule has 0 spiro atoms. The molecule has 6 nitrogen and oxygen atoms in total. The Kier molecular flexibility index (Phi) is 4.30. The summed E-state index contributed by atoms with van der Waals surface area (Å²) < 4.78 is 14.2. The molecular formula is C16H10FN3O3S. The van der Waals surface area contributed by atoms with Crippen LogP contribution in [0, 0.1) is 15.9 Å². The fraction of sp³-hybridized carbons (Fsp3) is 0. The Morgan fingerprint density at radius 3 is 2.83 bits per heavy atom. The molecule has 0 bridgehead atoms. The molecule has 1 amide bonds. The number of amides is 1. The summed E-state index contributed by atoms with van der Waals surface area (Å²) in [6.07, 6.45) is 2.69. The summed E-state index contributed by atoms with van der Waals surface area (Å²) in [4.78, 5) is 26.1. The highest BCUT2D eigenvalue weighted by molar-refractivity contribution is 7.22. The maximum atomic E-state index is 13.6. The van der Waals surface area contributed by atoms with Gasteiger partial charge < -0.3 is 0 Å². The van der Waals surface area contributed by atoms with Crippen LogP contribution in [0.1, 0.15) is 5.56 Å². The highest BCUT2D eigenvalue weighted by atomic mass is 32.1. The monoisotopic (exact) mass is 343 g/mol. The number of hydrogen-bond acceptors (Lipinski definition) is 5. The van der Waals surface area contributed by atoms with Crippen molar-refractivity contribution in [2.75, 3.05) is 5.32 Å². The second-order valence-electron chi connectivity index (χ2n) is 4.78. The van der Waals surface area contributed by atoms with Crippen LogP contribution in [0.25, 0.3) is 16.3 Å². The van der Waals surface area contributed by atoms with Crippen LogP contribution >= 0.6 is 11.3 Å². The number of aromatic nitrogens is 1. The van der Waals surface area contributed by atoms with Gasteiger partial charge in [0.05, 0.1) is 9.62 Å². The lowest BCUT2D eigenvalue weighted by Gasteiger charge is -1.96. The smallest absolute Gasteiger partial charge is 0.270 e. The van der Waals surface area contributed by atoms with Crippen LogP contribution in [-0.4, -0.2) is 15.8 Å². The number of nitro groups is 1. The van der Waals surface area contributed by atoms with Crippen LogP contribution in [0.3, 0.4) is 0 Å². The predicted octanol–water partition coefficient (Wildman–Crippen LogP) is 4.00. The molecule has 0 aliphatic rings. The molecule has 0 aliphatic carbocycles. The van der Waals surface area contributed by atoms with Gasteiger partial charge in [-0.1, -0.05) is 29.5 Å². The van der Waals surface area contributed by atoms with Gasteiger partial charge in [-0.15, -0.1) is 0 Å². The molecule has 1 heterocycles. The standard InChI is InChI=1S/C16H10FN3O3S/c17-12-5-2-6-13-15(12)19-16(24-13)18-14(21)8-7-10-3-1-4-11(9-10)20(22)23/h1-9H,(H,18,19,21)/b8-7+. The van der Waals surface area contributed by atoms with Gasteiger partial charge in [-0.3, -0.25) is 20.2 Å². The first-order valence-corrected chi connectivity index (χ1v) is 7.63. The fourth-order valence-corrected chi connectivity index (χ4v) is 2.91. The third kappa shape index (κ3) is 3.44. The number of carbonyl (C=O) groups is 1. The maximum Gasteiger partial charge on any atom is 0.270 e. The summed E-state index contributed by atoms with van der Waals surface area (Å²) in [5, 5.41) is 13.5. The quantitative estimate of drug-likeness (QED) is 0.441. The molecule has 24 heavy (non-hydrogen) atoms. The molecule has 0 saturated carbocycles. The maximum absolute atomic E-state index is 13.6. The lowest BCUT2D eigenvalue weighted by molar-refractivity contribution is -0.384. The normalized spacial score (nSPS) is 11.0. The summed E-state index contributed by atoms with van der Waals surface area (Å²) in [5.41, 5.74) is 0.675. The lowest BCUT2D eigenvalue weighted by atomic mass is 10.2. The van der Waals surface area contributed by atoms with Crippen molar-refractivity contribution in [2.24, 2.45) is 0 Å². The van der Waals surface area contributed by atoms with E-state index in [4.69, 9.17) is 0 Å². The Balaban J connectivity index is 1.73. The van der Waals surface area contributed by atoms with Gasteiger partial charge in [0.1, 0.15) is 11.3 Å². The molecule has 8 heteroatoms. The zero-order valence-electron chi connectivity index (χ0n) is 12.1. The van der Waals surface area contributed by atoms with E-state index in [1.165, 1.54) is 36.4 Å². The molecule has 1 aromatic heterocycles. The van der Waals surface area contributed by atoms with Crippen molar-refractivity contribution in [3.8, 4) is 0 Å². The summed E-state index contributed by atoms with van der Waals surface area (Å²) in [5.74, 6) is -0.905. The van der Waals surface area contributed by atoms with Crippen LogP contribution in [0.5, 0.6) is 0 Å². The summed E-state index contributed by atoms with van der Waals surface area (Å²) in [6, 6.07) is 10.5. The van der Waals surface area contributed by atoms with E-state index < -0.39 is 16.6 Å². The Hall–Kier alpha value is -3.13. The first kappa shape index (κ1) is 15.8. The van der Waals surface area contributed by atoms with Gasteiger partial charge in [0.15, 0.2) is 5.13 Å². The topological polar surface area (TPSA) is 85.1 Å². The number of rotatable bonds is 4. The molecule has 0 unspecified atom stereocenters. The molecule has 0 atom stereocenters. The van der Waals surface area contributed by atoms with E-state index >= 15 is 0 Å². The summed E-state index contributed by atoms with van der Waals surface area (Å²) in [7, 11) is 0. The minimum Gasteiger partial charge on any atom is -0.298 e. The third-order valence-electron chi connectivity index (χ3n) is 3.11. The molecule has 1 N–H and O–H groups in total. The zero-order valence-corrected chi connectivity index (χ0v) is 12.9. The minimum atomic E-state index is -0.507. The van der Waals surface area contributed by atoms with Gasteiger partial charge in [0.25, 0.3) is 5.69 Å². The first-order chi connectivity index (χ1) is 11.5. The van der Waals surface area contributed by atoms with Gasteiger partial charge >= 0.3 is 0 Å². The second-order valence-corrected chi connectivity index (χ2v) is 5.81. The number of hydrogen-bond donors (Lipinski definition) is 1. The van der Waals surface area contributed by atoms with Crippen molar-refractivity contribution < 1.29 is 14.1 Å². The number of nitrogens with one attached hydrogen (secondary N) is 1. The number of halogens is 1. The van der Waals surface area contributed by atoms with Crippen molar-refractivity contribution in [3.05, 3.63) is 70.0 Å². The van der Waals surface area contributed by atoms with Gasteiger partial charge in [-0.2, -0.15) is 0 Å². The number of anilines is 1. The number of nitrogens with zero attached hydrogens (tertiary/aromatic N) is 2. The Labute approximate surface area is 139 Å². The van der Waals surface area contributed by atoms with E-state index in [-0.39, 0.29) is 16.3 Å².